The van der Waals surface area contributed by atoms with Gasteiger partial charge in [-0.3, -0.25) is 4.79 Å². The van der Waals surface area contributed by atoms with Gasteiger partial charge in [-0.15, -0.1) is 0 Å². The van der Waals surface area contributed by atoms with Crippen molar-refractivity contribution in [3.05, 3.63) is 40.5 Å². The lowest BCUT2D eigenvalue weighted by atomic mass is 9.78. The summed E-state index contributed by atoms with van der Waals surface area (Å²) in [6, 6.07) is 5.59. The number of anilines is 1. The molecular weight excluding hydrogens is 288 g/mol. The molecule has 1 amide bonds. The average molecular weight is 303 g/mol. The molecule has 0 atom stereocenters. The quantitative estimate of drug-likeness (QED) is 0.847. The van der Waals surface area contributed by atoms with Crippen LogP contribution in [0.3, 0.4) is 0 Å². The number of nitrogens with two attached hydrogens (primary N) is 1. The zero-order valence-electron chi connectivity index (χ0n) is 11.8. The largest absolute Gasteiger partial charge is 0.368 e. The van der Waals surface area contributed by atoms with Crippen molar-refractivity contribution >= 4 is 23.5 Å². The second kappa shape index (κ2) is 4.70. The Balaban J connectivity index is 2.19. The standard InChI is InChI=1S/C15H15ClN4O/c1-15(2)7-19-13(21)9-4-3-8(5-10(9)15)12-11(16)6-18-14(17)20-12/h3-6H,7H2,1-2H3,(H,19,21)(H2,17,18,20). The first-order chi connectivity index (χ1) is 9.88. The number of amides is 1. The fraction of sp³-hybridized carbons (Fsp3) is 0.267. The van der Waals surface area contributed by atoms with Crippen molar-refractivity contribution in [1.29, 1.82) is 0 Å². The lowest BCUT2D eigenvalue weighted by molar-refractivity contribution is 0.0930. The molecule has 108 valence electrons. The highest BCUT2D eigenvalue weighted by atomic mass is 35.5. The molecule has 0 spiro atoms. The average Bonchev–Trinajstić information content (AvgIpc) is 2.46. The van der Waals surface area contributed by atoms with E-state index in [-0.39, 0.29) is 17.3 Å². The second-order valence-corrected chi connectivity index (χ2v) is 6.16. The molecule has 2 heterocycles. The Labute approximate surface area is 127 Å². The van der Waals surface area contributed by atoms with Crippen molar-refractivity contribution < 1.29 is 4.79 Å². The van der Waals surface area contributed by atoms with E-state index in [4.69, 9.17) is 17.3 Å². The summed E-state index contributed by atoms with van der Waals surface area (Å²) in [6.07, 6.45) is 1.48. The molecule has 6 heteroatoms. The molecule has 0 fully saturated rings. The van der Waals surface area contributed by atoms with Crippen molar-refractivity contribution in [2.45, 2.75) is 19.3 Å². The van der Waals surface area contributed by atoms with E-state index in [0.717, 1.165) is 11.1 Å². The van der Waals surface area contributed by atoms with Gasteiger partial charge in [0.2, 0.25) is 5.95 Å². The highest BCUT2D eigenvalue weighted by Gasteiger charge is 2.31. The number of carbonyl (C=O) groups is 1. The number of rotatable bonds is 1. The Morgan fingerprint density at radius 3 is 2.90 bits per heavy atom. The van der Waals surface area contributed by atoms with Gasteiger partial charge in [-0.25, -0.2) is 9.97 Å². The smallest absolute Gasteiger partial charge is 0.251 e. The SMILES string of the molecule is CC1(C)CNC(=O)c2ccc(-c3nc(N)ncc3Cl)cc21. The van der Waals surface area contributed by atoms with Crippen LogP contribution in [0.2, 0.25) is 5.02 Å². The molecule has 0 saturated carbocycles. The zero-order chi connectivity index (χ0) is 15.2. The maximum Gasteiger partial charge on any atom is 0.251 e. The molecule has 21 heavy (non-hydrogen) atoms. The van der Waals surface area contributed by atoms with Gasteiger partial charge in [0, 0.05) is 23.1 Å². The number of halogens is 1. The molecule has 1 aliphatic rings. The van der Waals surface area contributed by atoms with Gasteiger partial charge in [-0.05, 0) is 17.7 Å². The maximum atomic E-state index is 12.0. The molecule has 0 unspecified atom stereocenters. The van der Waals surface area contributed by atoms with E-state index in [1.54, 1.807) is 6.07 Å². The normalized spacial score (nSPS) is 16.2. The molecule has 3 N–H and O–H groups in total. The van der Waals surface area contributed by atoms with Gasteiger partial charge in [-0.1, -0.05) is 31.5 Å². The molecule has 2 aromatic rings. The van der Waals surface area contributed by atoms with E-state index in [0.29, 0.717) is 22.8 Å². The molecule has 1 aliphatic heterocycles. The van der Waals surface area contributed by atoms with Crippen LogP contribution >= 0.6 is 11.6 Å². The van der Waals surface area contributed by atoms with Crippen LogP contribution in [0.5, 0.6) is 0 Å². The van der Waals surface area contributed by atoms with Gasteiger partial charge < -0.3 is 11.1 Å². The van der Waals surface area contributed by atoms with Gasteiger partial charge in [0.05, 0.1) is 16.9 Å². The fourth-order valence-corrected chi connectivity index (χ4v) is 2.72. The highest BCUT2D eigenvalue weighted by molar-refractivity contribution is 6.32. The number of fused-ring (bicyclic) bond motifs is 1. The molecule has 0 radical (unpaired) electrons. The van der Waals surface area contributed by atoms with E-state index in [1.807, 2.05) is 12.1 Å². The van der Waals surface area contributed by atoms with Crippen molar-refractivity contribution in [2.75, 3.05) is 12.3 Å². The van der Waals surface area contributed by atoms with E-state index in [1.165, 1.54) is 6.20 Å². The number of nitrogens with zero attached hydrogens (tertiary/aromatic N) is 2. The Kier molecular flexibility index (Phi) is 3.10. The predicted octanol–water partition coefficient (Wildman–Crippen LogP) is 2.40. The fourth-order valence-electron chi connectivity index (χ4n) is 2.52. The van der Waals surface area contributed by atoms with E-state index in [2.05, 4.69) is 29.1 Å². The topological polar surface area (TPSA) is 80.9 Å². The summed E-state index contributed by atoms with van der Waals surface area (Å²) in [6.45, 7) is 4.78. The Hall–Kier alpha value is -2.14. The summed E-state index contributed by atoms with van der Waals surface area (Å²) in [4.78, 5) is 20.0. The Morgan fingerprint density at radius 2 is 2.14 bits per heavy atom. The molecule has 3 rings (SSSR count). The molecule has 0 saturated heterocycles. The lowest BCUT2D eigenvalue weighted by Gasteiger charge is -2.32. The van der Waals surface area contributed by atoms with Crippen molar-refractivity contribution in [2.24, 2.45) is 0 Å². The van der Waals surface area contributed by atoms with Crippen molar-refractivity contribution in [3.8, 4) is 11.3 Å². The van der Waals surface area contributed by atoms with Crippen LogP contribution in [0.15, 0.2) is 24.4 Å². The van der Waals surface area contributed by atoms with Crippen LogP contribution in [-0.4, -0.2) is 22.4 Å². The van der Waals surface area contributed by atoms with Crippen LogP contribution in [0.25, 0.3) is 11.3 Å². The summed E-state index contributed by atoms with van der Waals surface area (Å²) < 4.78 is 0. The zero-order valence-corrected chi connectivity index (χ0v) is 12.5. The third kappa shape index (κ3) is 2.34. The third-order valence-corrected chi connectivity index (χ3v) is 4.00. The molecule has 1 aromatic carbocycles. The number of nitrogen functional groups attached to an aromatic ring is 1. The second-order valence-electron chi connectivity index (χ2n) is 5.75. The summed E-state index contributed by atoms with van der Waals surface area (Å²) in [5, 5.41) is 3.33. The van der Waals surface area contributed by atoms with E-state index >= 15 is 0 Å². The first-order valence-corrected chi connectivity index (χ1v) is 6.97. The van der Waals surface area contributed by atoms with Crippen LogP contribution < -0.4 is 11.1 Å². The van der Waals surface area contributed by atoms with E-state index < -0.39 is 0 Å². The van der Waals surface area contributed by atoms with E-state index in [9.17, 15) is 4.79 Å². The number of hydrogen-bond donors (Lipinski definition) is 2. The summed E-state index contributed by atoms with van der Waals surface area (Å²) in [5.41, 5.74) is 8.56. The number of nitrogens with one attached hydrogen (secondary N) is 1. The van der Waals surface area contributed by atoms with Crippen LogP contribution in [-0.2, 0) is 5.41 Å². The van der Waals surface area contributed by atoms with Gasteiger partial charge in [0.25, 0.3) is 5.91 Å². The summed E-state index contributed by atoms with van der Waals surface area (Å²) in [7, 11) is 0. The predicted molar refractivity (Wildman–Crippen MR) is 82.2 cm³/mol. The first kappa shape index (κ1) is 13.8. The molecule has 1 aromatic heterocycles. The summed E-state index contributed by atoms with van der Waals surface area (Å²) >= 11 is 6.15. The Morgan fingerprint density at radius 1 is 1.38 bits per heavy atom. The Bertz CT molecular complexity index is 742. The molecule has 0 aliphatic carbocycles. The first-order valence-electron chi connectivity index (χ1n) is 6.59. The molecular formula is C15H15ClN4O. The van der Waals surface area contributed by atoms with Crippen molar-refractivity contribution in [1.82, 2.24) is 15.3 Å². The van der Waals surface area contributed by atoms with Crippen molar-refractivity contribution in [3.63, 3.8) is 0 Å². The monoisotopic (exact) mass is 302 g/mol. The minimum atomic E-state index is -0.149. The van der Waals surface area contributed by atoms with Gasteiger partial charge in [0.1, 0.15) is 0 Å². The third-order valence-electron chi connectivity index (χ3n) is 3.72. The van der Waals surface area contributed by atoms with Gasteiger partial charge in [0.15, 0.2) is 0 Å². The number of benzene rings is 1. The number of aromatic nitrogens is 2. The van der Waals surface area contributed by atoms with Gasteiger partial charge >= 0.3 is 0 Å². The molecule has 0 bridgehead atoms. The highest BCUT2D eigenvalue weighted by Crippen LogP contribution is 2.34. The van der Waals surface area contributed by atoms with Crippen LogP contribution in [0.1, 0.15) is 29.8 Å². The number of hydrogen-bond acceptors (Lipinski definition) is 4. The van der Waals surface area contributed by atoms with Crippen LogP contribution in [0.4, 0.5) is 5.95 Å². The summed E-state index contributed by atoms with van der Waals surface area (Å²) in [5.74, 6) is 0.119. The number of carbonyl (C=O) groups excluding carboxylic acids is 1. The van der Waals surface area contributed by atoms with Crippen LogP contribution in [0, 0.1) is 0 Å². The molecule has 5 nitrogen and oxygen atoms in total. The maximum absolute atomic E-state index is 12.0. The minimum absolute atomic E-state index is 0.0517. The lowest BCUT2D eigenvalue weighted by Crippen LogP contribution is -2.43. The van der Waals surface area contributed by atoms with Gasteiger partial charge in [-0.2, -0.15) is 0 Å². The minimum Gasteiger partial charge on any atom is -0.368 e.